The maximum absolute atomic E-state index is 12.8. The molecule has 1 aliphatic rings. The Bertz CT molecular complexity index is 791. The minimum Gasteiger partial charge on any atom is -0.392 e. The summed E-state index contributed by atoms with van der Waals surface area (Å²) in [5.41, 5.74) is 11.4. The number of aliphatic hydroxyl groups excluding tert-OH is 2. The molecule has 0 radical (unpaired) electrons. The summed E-state index contributed by atoms with van der Waals surface area (Å²) in [6.07, 6.45) is 28.1. The predicted molar refractivity (Wildman–Crippen MR) is 227 cm³/mol. The highest BCUT2D eigenvalue weighted by molar-refractivity contribution is 5.76. The fourth-order valence-corrected chi connectivity index (χ4v) is 8.02. The topological polar surface area (TPSA) is 157 Å². The molecule has 54 heavy (non-hydrogen) atoms. The van der Waals surface area contributed by atoms with Crippen LogP contribution in [0.5, 0.6) is 0 Å². The van der Waals surface area contributed by atoms with Crippen molar-refractivity contribution in [2.24, 2.45) is 23.3 Å². The van der Waals surface area contributed by atoms with Crippen LogP contribution in [0.15, 0.2) is 0 Å². The lowest BCUT2D eigenvalue weighted by Gasteiger charge is -2.34. The molecule has 0 spiro atoms. The molecule has 1 rings (SSSR count). The van der Waals surface area contributed by atoms with Gasteiger partial charge in [-0.1, -0.05) is 129 Å². The Morgan fingerprint density at radius 1 is 0.519 bits per heavy atom. The van der Waals surface area contributed by atoms with Crippen LogP contribution in [0.4, 0.5) is 0 Å². The molecule has 4 unspecified atom stereocenters. The Hall–Kier alpha value is -1.30. The summed E-state index contributed by atoms with van der Waals surface area (Å²) in [4.78, 5) is 30.5. The second kappa shape index (κ2) is 36.1. The van der Waals surface area contributed by atoms with E-state index in [-0.39, 0.29) is 36.7 Å². The molecule has 4 atom stereocenters. The average Bonchev–Trinajstić information content (AvgIpc) is 3.17. The van der Waals surface area contributed by atoms with Gasteiger partial charge in [-0.25, -0.2) is 0 Å². The summed E-state index contributed by atoms with van der Waals surface area (Å²) in [5, 5.41) is 26.6. The van der Waals surface area contributed by atoms with Crippen LogP contribution >= 0.6 is 0 Å². The van der Waals surface area contributed by atoms with Crippen LogP contribution in [-0.2, 0) is 9.59 Å². The first-order chi connectivity index (χ1) is 26.3. The third-order valence-corrected chi connectivity index (χ3v) is 11.5. The SMILES string of the molecule is CCCCCCCCCCCC(CC(=O)NCCCN1CCN(CCCNC(=O)CC(CCCCCCCCCCC)CC(O)CN)CC1)CC(O)CN. The van der Waals surface area contributed by atoms with Crippen molar-refractivity contribution in [1.29, 1.82) is 0 Å². The van der Waals surface area contributed by atoms with Crippen molar-refractivity contribution >= 4 is 11.8 Å². The van der Waals surface area contributed by atoms with E-state index in [9.17, 15) is 19.8 Å². The zero-order chi connectivity index (χ0) is 39.5. The smallest absolute Gasteiger partial charge is 0.220 e. The first kappa shape index (κ1) is 50.7. The van der Waals surface area contributed by atoms with Crippen LogP contribution in [0.25, 0.3) is 0 Å². The van der Waals surface area contributed by atoms with E-state index in [1.165, 1.54) is 103 Å². The molecule has 0 saturated carbocycles. The molecule has 10 heteroatoms. The van der Waals surface area contributed by atoms with Gasteiger partial charge in [-0.2, -0.15) is 0 Å². The van der Waals surface area contributed by atoms with Crippen LogP contribution < -0.4 is 22.1 Å². The number of carbonyl (C=O) groups excluding carboxylic acids is 2. The quantitative estimate of drug-likeness (QED) is 0.0371. The van der Waals surface area contributed by atoms with Gasteiger partial charge in [-0.3, -0.25) is 9.59 Å². The van der Waals surface area contributed by atoms with E-state index in [0.29, 0.717) is 38.8 Å². The number of hydrogen-bond donors (Lipinski definition) is 6. The second-order valence-electron chi connectivity index (χ2n) is 16.7. The number of carbonyl (C=O) groups is 2. The Morgan fingerprint density at radius 3 is 1.15 bits per heavy atom. The molecule has 8 N–H and O–H groups in total. The number of unbranched alkanes of at least 4 members (excludes halogenated alkanes) is 16. The third-order valence-electron chi connectivity index (χ3n) is 11.5. The summed E-state index contributed by atoms with van der Waals surface area (Å²) in [7, 11) is 0. The largest absolute Gasteiger partial charge is 0.392 e. The summed E-state index contributed by atoms with van der Waals surface area (Å²) in [6.45, 7) is 12.5. The van der Waals surface area contributed by atoms with Gasteiger partial charge in [0.15, 0.2) is 0 Å². The molecule has 0 aromatic heterocycles. The van der Waals surface area contributed by atoms with Crippen molar-refractivity contribution in [2.75, 3.05) is 65.4 Å². The second-order valence-corrected chi connectivity index (χ2v) is 16.7. The monoisotopic (exact) mass is 767 g/mol. The number of hydrogen-bond acceptors (Lipinski definition) is 8. The highest BCUT2D eigenvalue weighted by Crippen LogP contribution is 2.22. The van der Waals surface area contributed by atoms with Crippen molar-refractivity contribution in [2.45, 2.75) is 193 Å². The van der Waals surface area contributed by atoms with E-state index in [1.54, 1.807) is 0 Å². The normalized spacial score (nSPS) is 16.3. The van der Waals surface area contributed by atoms with Crippen molar-refractivity contribution in [3.8, 4) is 0 Å². The van der Waals surface area contributed by atoms with Crippen molar-refractivity contribution in [3.05, 3.63) is 0 Å². The van der Waals surface area contributed by atoms with Crippen molar-refractivity contribution in [1.82, 2.24) is 20.4 Å². The molecule has 0 aromatic rings. The lowest BCUT2D eigenvalue weighted by molar-refractivity contribution is -0.123. The van der Waals surface area contributed by atoms with E-state index >= 15 is 0 Å². The van der Waals surface area contributed by atoms with E-state index < -0.39 is 12.2 Å². The number of piperazine rings is 1. The summed E-state index contributed by atoms with van der Waals surface area (Å²) < 4.78 is 0. The van der Waals surface area contributed by atoms with Gasteiger partial charge < -0.3 is 42.1 Å². The van der Waals surface area contributed by atoms with Crippen molar-refractivity contribution < 1.29 is 19.8 Å². The number of amides is 2. The predicted octanol–water partition coefficient (Wildman–Crippen LogP) is 6.89. The zero-order valence-electron chi connectivity index (χ0n) is 35.5. The highest BCUT2D eigenvalue weighted by atomic mass is 16.3. The number of nitrogens with one attached hydrogen (secondary N) is 2. The molecular formula is C44H90N6O4. The van der Waals surface area contributed by atoms with E-state index in [2.05, 4.69) is 34.3 Å². The van der Waals surface area contributed by atoms with Gasteiger partial charge in [0.25, 0.3) is 0 Å². The van der Waals surface area contributed by atoms with Crippen LogP contribution in [-0.4, -0.2) is 109 Å². The minimum atomic E-state index is -0.530. The molecular weight excluding hydrogens is 677 g/mol. The van der Waals surface area contributed by atoms with Crippen LogP contribution in [0, 0.1) is 11.8 Å². The van der Waals surface area contributed by atoms with E-state index in [0.717, 1.165) is 77.8 Å². The zero-order valence-corrected chi connectivity index (χ0v) is 35.5. The molecule has 0 bridgehead atoms. The average molecular weight is 767 g/mol. The van der Waals surface area contributed by atoms with Gasteiger partial charge in [-0.05, 0) is 63.5 Å². The standard InChI is InChI=1S/C44H90N6O4/c1-3-5-7-9-11-13-15-17-19-23-39(33-41(51)37-45)35-43(53)47-25-21-27-49-29-31-50(32-30-49)28-22-26-48-44(54)36-40(34-42(52)38-46)24-20-18-16-14-12-10-8-6-4-2/h39-42,51-52H,3-38,45-46H2,1-2H3,(H,47,53)(H,48,54). The fraction of sp³-hybridized carbons (Fsp3) is 0.955. The molecule has 1 aliphatic heterocycles. The maximum Gasteiger partial charge on any atom is 0.220 e. The minimum absolute atomic E-state index is 0.0968. The van der Waals surface area contributed by atoms with Crippen LogP contribution in [0.1, 0.15) is 181 Å². The van der Waals surface area contributed by atoms with Gasteiger partial charge in [0.05, 0.1) is 12.2 Å². The molecule has 320 valence electrons. The lowest BCUT2D eigenvalue weighted by Crippen LogP contribution is -2.47. The first-order valence-corrected chi connectivity index (χ1v) is 23.0. The Labute approximate surface area is 333 Å². The van der Waals surface area contributed by atoms with Gasteiger partial charge in [0.2, 0.25) is 11.8 Å². The van der Waals surface area contributed by atoms with Crippen molar-refractivity contribution in [3.63, 3.8) is 0 Å². The Balaban J connectivity index is 2.18. The number of rotatable bonds is 38. The van der Waals surface area contributed by atoms with Gasteiger partial charge in [-0.15, -0.1) is 0 Å². The molecule has 0 aliphatic carbocycles. The van der Waals surface area contributed by atoms with Gasteiger partial charge in [0.1, 0.15) is 0 Å². The summed E-state index contributed by atoms with van der Waals surface area (Å²) >= 11 is 0. The highest BCUT2D eigenvalue weighted by Gasteiger charge is 2.20. The van der Waals surface area contributed by atoms with Gasteiger partial charge >= 0.3 is 0 Å². The molecule has 1 heterocycles. The Morgan fingerprint density at radius 2 is 0.833 bits per heavy atom. The molecule has 1 fully saturated rings. The summed E-state index contributed by atoms with van der Waals surface area (Å²) in [6, 6.07) is 0. The Kier molecular flexibility index (Phi) is 33.9. The van der Waals surface area contributed by atoms with E-state index in [1.807, 2.05) is 0 Å². The third kappa shape index (κ3) is 29.9. The number of nitrogens with two attached hydrogens (primary N) is 2. The van der Waals surface area contributed by atoms with E-state index in [4.69, 9.17) is 11.5 Å². The molecule has 2 amide bonds. The molecule has 0 aromatic carbocycles. The van der Waals surface area contributed by atoms with Crippen LogP contribution in [0.3, 0.4) is 0 Å². The summed E-state index contributed by atoms with van der Waals surface area (Å²) in [5.74, 6) is 0.575. The first-order valence-electron chi connectivity index (χ1n) is 23.0. The molecule has 10 nitrogen and oxygen atoms in total. The maximum atomic E-state index is 12.8. The molecule has 1 saturated heterocycles. The lowest BCUT2D eigenvalue weighted by atomic mass is 9.91. The number of nitrogens with zero attached hydrogens (tertiary/aromatic N) is 2. The van der Waals surface area contributed by atoms with Crippen LogP contribution in [0.2, 0.25) is 0 Å². The number of aliphatic hydroxyl groups is 2. The van der Waals surface area contributed by atoms with Gasteiger partial charge in [0, 0.05) is 65.2 Å². The fourth-order valence-electron chi connectivity index (χ4n) is 8.02.